The van der Waals surface area contributed by atoms with E-state index in [0.29, 0.717) is 30.5 Å². The fourth-order valence-corrected chi connectivity index (χ4v) is 2.69. The second kappa shape index (κ2) is 6.81. The zero-order valence-electron chi connectivity index (χ0n) is 14.1. The van der Waals surface area contributed by atoms with E-state index in [2.05, 4.69) is 20.3 Å². The van der Waals surface area contributed by atoms with Crippen molar-refractivity contribution in [2.75, 3.05) is 32.1 Å². The summed E-state index contributed by atoms with van der Waals surface area (Å²) in [5.41, 5.74) is 0.353. The molecule has 0 bridgehead atoms. The van der Waals surface area contributed by atoms with Crippen LogP contribution >= 0.6 is 0 Å². The van der Waals surface area contributed by atoms with Gasteiger partial charge in [0, 0.05) is 40.1 Å². The first-order valence-electron chi connectivity index (χ1n) is 7.85. The number of likely N-dealkylation sites (tertiary alicyclic amines) is 1. The van der Waals surface area contributed by atoms with Gasteiger partial charge < -0.3 is 14.5 Å². The Labute approximate surface area is 140 Å². The topological polar surface area (TPSA) is 89.3 Å². The Morgan fingerprint density at radius 3 is 2.83 bits per heavy atom. The van der Waals surface area contributed by atoms with Crippen LogP contribution in [-0.2, 0) is 7.05 Å². The first-order chi connectivity index (χ1) is 11.5. The third-order valence-corrected chi connectivity index (χ3v) is 3.84. The molecule has 1 aliphatic rings. The molecule has 128 valence electrons. The summed E-state index contributed by atoms with van der Waals surface area (Å²) in [6.07, 6.45) is 6.48. The smallest absolute Gasteiger partial charge is 0.276 e. The SMILES string of the molecule is CN(C)c1nccnc1OC1CCCN(C(=O)c2cn(C)nn2)C1. The molecule has 3 rings (SSSR count). The van der Waals surface area contributed by atoms with Crippen molar-refractivity contribution in [3.05, 3.63) is 24.3 Å². The molecule has 3 heterocycles. The maximum atomic E-state index is 12.5. The van der Waals surface area contributed by atoms with Crippen LogP contribution in [0.15, 0.2) is 18.6 Å². The molecule has 9 nitrogen and oxygen atoms in total. The number of carbonyl (C=O) groups is 1. The van der Waals surface area contributed by atoms with Crippen LogP contribution in [0.2, 0.25) is 0 Å². The van der Waals surface area contributed by atoms with Gasteiger partial charge in [-0.3, -0.25) is 9.48 Å². The van der Waals surface area contributed by atoms with Gasteiger partial charge in [0.2, 0.25) is 0 Å². The number of piperidine rings is 1. The Morgan fingerprint density at radius 1 is 1.33 bits per heavy atom. The highest BCUT2D eigenvalue weighted by Crippen LogP contribution is 2.24. The molecule has 1 atom stereocenters. The van der Waals surface area contributed by atoms with Crippen molar-refractivity contribution in [2.24, 2.45) is 7.05 Å². The van der Waals surface area contributed by atoms with Crippen molar-refractivity contribution in [3.8, 4) is 5.88 Å². The first kappa shape index (κ1) is 16.2. The molecular formula is C15H21N7O2. The van der Waals surface area contributed by atoms with Crippen LogP contribution in [0, 0.1) is 0 Å². The number of rotatable bonds is 4. The average Bonchev–Trinajstić information content (AvgIpc) is 3.01. The third-order valence-electron chi connectivity index (χ3n) is 3.84. The van der Waals surface area contributed by atoms with Crippen LogP contribution in [0.1, 0.15) is 23.3 Å². The van der Waals surface area contributed by atoms with E-state index >= 15 is 0 Å². The molecule has 1 saturated heterocycles. The number of aromatic nitrogens is 5. The van der Waals surface area contributed by atoms with E-state index in [-0.39, 0.29) is 12.0 Å². The van der Waals surface area contributed by atoms with E-state index in [1.165, 1.54) is 4.68 Å². The number of hydrogen-bond donors (Lipinski definition) is 0. The lowest BCUT2D eigenvalue weighted by Crippen LogP contribution is -2.44. The zero-order valence-corrected chi connectivity index (χ0v) is 14.1. The quantitative estimate of drug-likeness (QED) is 0.799. The lowest BCUT2D eigenvalue weighted by molar-refractivity contribution is 0.0523. The summed E-state index contributed by atoms with van der Waals surface area (Å²) < 4.78 is 7.54. The molecule has 1 amide bonds. The number of ether oxygens (including phenoxy) is 1. The van der Waals surface area contributed by atoms with E-state index in [9.17, 15) is 4.79 Å². The standard InChI is InChI=1S/C15H21N7O2/c1-20(2)13-14(17-7-6-16-13)24-11-5-4-8-22(9-11)15(23)12-10-21(3)19-18-12/h6-7,10-11H,4-5,8-9H2,1-3H3. The Hall–Kier alpha value is -2.71. The predicted octanol–water partition coefficient (Wildman–Crippen LogP) is 0.355. The Bertz CT molecular complexity index is 715. The van der Waals surface area contributed by atoms with Crippen LogP contribution in [-0.4, -0.2) is 69.1 Å². The van der Waals surface area contributed by atoms with Crippen molar-refractivity contribution in [1.82, 2.24) is 29.9 Å². The van der Waals surface area contributed by atoms with Crippen molar-refractivity contribution < 1.29 is 9.53 Å². The Balaban J connectivity index is 1.69. The molecule has 2 aromatic rings. The lowest BCUT2D eigenvalue weighted by Gasteiger charge is -2.32. The van der Waals surface area contributed by atoms with E-state index in [0.717, 1.165) is 12.8 Å². The van der Waals surface area contributed by atoms with Crippen LogP contribution < -0.4 is 9.64 Å². The van der Waals surface area contributed by atoms with E-state index < -0.39 is 0 Å². The van der Waals surface area contributed by atoms with Gasteiger partial charge in [0.15, 0.2) is 11.5 Å². The molecule has 9 heteroatoms. The molecule has 24 heavy (non-hydrogen) atoms. The minimum absolute atomic E-state index is 0.116. The summed E-state index contributed by atoms with van der Waals surface area (Å²) >= 11 is 0. The second-order valence-electron chi connectivity index (χ2n) is 5.99. The molecule has 0 aromatic carbocycles. The zero-order chi connectivity index (χ0) is 17.1. The molecule has 0 aliphatic carbocycles. The van der Waals surface area contributed by atoms with Gasteiger partial charge in [-0.05, 0) is 12.8 Å². The highest BCUT2D eigenvalue weighted by molar-refractivity contribution is 5.92. The van der Waals surface area contributed by atoms with Gasteiger partial charge >= 0.3 is 0 Å². The molecule has 1 fully saturated rings. The van der Waals surface area contributed by atoms with Crippen molar-refractivity contribution in [3.63, 3.8) is 0 Å². The van der Waals surface area contributed by atoms with Gasteiger partial charge in [-0.1, -0.05) is 5.21 Å². The predicted molar refractivity (Wildman–Crippen MR) is 86.9 cm³/mol. The van der Waals surface area contributed by atoms with Crippen molar-refractivity contribution >= 4 is 11.7 Å². The third kappa shape index (κ3) is 3.44. The van der Waals surface area contributed by atoms with Crippen molar-refractivity contribution in [2.45, 2.75) is 18.9 Å². The minimum Gasteiger partial charge on any atom is -0.470 e. The summed E-state index contributed by atoms with van der Waals surface area (Å²) in [6, 6.07) is 0. The number of anilines is 1. The summed E-state index contributed by atoms with van der Waals surface area (Å²) in [5, 5.41) is 7.70. The summed E-state index contributed by atoms with van der Waals surface area (Å²) in [7, 11) is 5.52. The molecule has 0 N–H and O–H groups in total. The molecule has 1 aliphatic heterocycles. The van der Waals surface area contributed by atoms with E-state index in [1.807, 2.05) is 19.0 Å². The van der Waals surface area contributed by atoms with E-state index in [1.54, 1.807) is 30.5 Å². The molecule has 0 saturated carbocycles. The average molecular weight is 331 g/mol. The fourth-order valence-electron chi connectivity index (χ4n) is 2.69. The van der Waals surface area contributed by atoms with Crippen LogP contribution in [0.3, 0.4) is 0 Å². The van der Waals surface area contributed by atoms with Gasteiger partial charge in [0.05, 0.1) is 12.7 Å². The molecule has 0 radical (unpaired) electrons. The summed E-state index contributed by atoms with van der Waals surface area (Å²) in [6.45, 7) is 1.19. The van der Waals surface area contributed by atoms with Crippen LogP contribution in [0.4, 0.5) is 5.82 Å². The second-order valence-corrected chi connectivity index (χ2v) is 5.99. The largest absolute Gasteiger partial charge is 0.470 e. The normalized spacial score (nSPS) is 17.6. The minimum atomic E-state index is -0.122. The number of hydrogen-bond acceptors (Lipinski definition) is 7. The van der Waals surface area contributed by atoms with Gasteiger partial charge in [0.25, 0.3) is 11.8 Å². The Morgan fingerprint density at radius 2 is 2.12 bits per heavy atom. The monoisotopic (exact) mass is 331 g/mol. The molecular weight excluding hydrogens is 310 g/mol. The maximum Gasteiger partial charge on any atom is 0.276 e. The Kier molecular flexibility index (Phi) is 4.59. The number of amides is 1. The lowest BCUT2D eigenvalue weighted by atomic mass is 10.1. The number of nitrogens with zero attached hydrogens (tertiary/aromatic N) is 7. The number of aryl methyl sites for hydroxylation is 1. The number of carbonyl (C=O) groups excluding carboxylic acids is 1. The van der Waals surface area contributed by atoms with Gasteiger partial charge in [-0.25, -0.2) is 9.97 Å². The van der Waals surface area contributed by atoms with Gasteiger partial charge in [-0.2, -0.15) is 0 Å². The molecule has 2 aromatic heterocycles. The maximum absolute atomic E-state index is 12.5. The van der Waals surface area contributed by atoms with Crippen LogP contribution in [0.5, 0.6) is 5.88 Å². The highest BCUT2D eigenvalue weighted by atomic mass is 16.5. The van der Waals surface area contributed by atoms with Gasteiger partial charge in [0.1, 0.15) is 6.10 Å². The van der Waals surface area contributed by atoms with Crippen LogP contribution in [0.25, 0.3) is 0 Å². The van der Waals surface area contributed by atoms with Crippen molar-refractivity contribution in [1.29, 1.82) is 0 Å². The fraction of sp³-hybridized carbons (Fsp3) is 0.533. The summed E-state index contributed by atoms with van der Waals surface area (Å²) in [5.74, 6) is 1.04. The molecule has 1 unspecified atom stereocenters. The summed E-state index contributed by atoms with van der Waals surface area (Å²) in [4.78, 5) is 24.7. The van der Waals surface area contributed by atoms with E-state index in [4.69, 9.17) is 4.74 Å². The highest BCUT2D eigenvalue weighted by Gasteiger charge is 2.28. The molecule has 0 spiro atoms. The van der Waals surface area contributed by atoms with Gasteiger partial charge in [-0.15, -0.1) is 5.10 Å². The first-order valence-corrected chi connectivity index (χ1v) is 7.85.